The number of carboxylic acid groups (broad SMARTS) is 1. The van der Waals surface area contributed by atoms with Crippen molar-refractivity contribution in [3.8, 4) is 0 Å². The summed E-state index contributed by atoms with van der Waals surface area (Å²) in [6, 6.07) is -0.298. The van der Waals surface area contributed by atoms with Gasteiger partial charge < -0.3 is 15.7 Å². The second-order valence-corrected chi connectivity index (χ2v) is 5.41. The Balaban J connectivity index is 2.23. The van der Waals surface area contributed by atoms with Gasteiger partial charge in [-0.05, 0) is 18.3 Å². The van der Waals surface area contributed by atoms with Crippen LogP contribution in [0.5, 0.6) is 0 Å². The van der Waals surface area contributed by atoms with Crippen molar-refractivity contribution < 1.29 is 14.7 Å². The maximum atomic E-state index is 11.6. The molecule has 1 heterocycles. The van der Waals surface area contributed by atoms with Crippen molar-refractivity contribution in [2.45, 2.75) is 33.1 Å². The number of rotatable bonds is 9. The number of carboxylic acids is 1. The second kappa shape index (κ2) is 8.93. The van der Waals surface area contributed by atoms with E-state index in [1.807, 2.05) is 13.8 Å². The predicted octanol–water partition coefficient (Wildman–Crippen LogP) is 0.783. The normalized spacial score (nSPS) is 12.1. The molecule has 1 rings (SSSR count). The molecule has 0 saturated carbocycles. The van der Waals surface area contributed by atoms with Crippen LogP contribution in [0.3, 0.4) is 0 Å². The molecule has 1 aromatic heterocycles. The molecule has 4 N–H and O–H groups in total. The van der Waals surface area contributed by atoms with Crippen LogP contribution in [0, 0.1) is 11.8 Å². The molecule has 8 nitrogen and oxygen atoms in total. The van der Waals surface area contributed by atoms with Crippen LogP contribution in [0.4, 0.5) is 4.79 Å². The number of carbonyl (C=O) groups is 2. The molecule has 8 heteroatoms. The lowest BCUT2D eigenvalue weighted by Gasteiger charge is -2.18. The van der Waals surface area contributed by atoms with Gasteiger partial charge in [-0.15, -0.1) is 0 Å². The average molecular weight is 297 g/mol. The minimum atomic E-state index is -0.840. The van der Waals surface area contributed by atoms with Gasteiger partial charge >= 0.3 is 12.0 Å². The van der Waals surface area contributed by atoms with Crippen molar-refractivity contribution in [1.29, 1.82) is 0 Å². The van der Waals surface area contributed by atoms with Crippen LogP contribution in [0.25, 0.3) is 0 Å². The van der Waals surface area contributed by atoms with Crippen molar-refractivity contribution >= 4 is 12.0 Å². The van der Waals surface area contributed by atoms with E-state index in [0.717, 1.165) is 6.42 Å². The third-order valence-corrected chi connectivity index (χ3v) is 2.93. The Morgan fingerprint density at radius 3 is 2.71 bits per heavy atom. The number of aliphatic carboxylic acids is 1. The molecule has 0 saturated heterocycles. The number of nitrogens with one attached hydrogen (secondary N) is 3. The van der Waals surface area contributed by atoms with E-state index in [9.17, 15) is 9.59 Å². The third-order valence-electron chi connectivity index (χ3n) is 2.93. The predicted molar refractivity (Wildman–Crippen MR) is 76.7 cm³/mol. The van der Waals surface area contributed by atoms with E-state index >= 15 is 0 Å². The van der Waals surface area contributed by atoms with E-state index < -0.39 is 5.97 Å². The minimum absolute atomic E-state index is 0.0532. The Hall–Kier alpha value is -2.12. The lowest BCUT2D eigenvalue weighted by molar-refractivity contribution is -0.138. The van der Waals surface area contributed by atoms with E-state index in [-0.39, 0.29) is 18.4 Å². The molecular formula is C13H23N5O3. The fourth-order valence-corrected chi connectivity index (χ4v) is 2.10. The van der Waals surface area contributed by atoms with E-state index in [0.29, 0.717) is 31.3 Å². The Labute approximate surface area is 123 Å². The van der Waals surface area contributed by atoms with Crippen LogP contribution in [0.15, 0.2) is 6.33 Å². The number of aromatic nitrogens is 3. The van der Waals surface area contributed by atoms with Crippen molar-refractivity contribution in [3.05, 3.63) is 12.2 Å². The summed E-state index contributed by atoms with van der Waals surface area (Å²) < 4.78 is 0. The summed E-state index contributed by atoms with van der Waals surface area (Å²) in [5.41, 5.74) is 0. The first-order chi connectivity index (χ1) is 9.97. The fraction of sp³-hybridized carbons (Fsp3) is 0.692. The molecule has 2 amide bonds. The molecule has 21 heavy (non-hydrogen) atoms. The zero-order valence-corrected chi connectivity index (χ0v) is 12.4. The van der Waals surface area contributed by atoms with Gasteiger partial charge in [0.1, 0.15) is 12.2 Å². The lowest BCUT2D eigenvalue weighted by atomic mass is 9.94. The largest absolute Gasteiger partial charge is 0.481 e. The summed E-state index contributed by atoms with van der Waals surface area (Å²) in [7, 11) is 0. The second-order valence-electron chi connectivity index (χ2n) is 5.41. The smallest absolute Gasteiger partial charge is 0.314 e. The van der Waals surface area contributed by atoms with Crippen LogP contribution < -0.4 is 10.6 Å². The molecule has 0 aliphatic heterocycles. The van der Waals surface area contributed by atoms with Crippen LogP contribution in [-0.2, 0) is 11.2 Å². The average Bonchev–Trinajstić information content (AvgIpc) is 2.88. The third kappa shape index (κ3) is 7.91. The molecule has 0 spiro atoms. The van der Waals surface area contributed by atoms with E-state index in [1.165, 1.54) is 6.33 Å². The number of amides is 2. The monoisotopic (exact) mass is 297 g/mol. The van der Waals surface area contributed by atoms with Gasteiger partial charge in [-0.2, -0.15) is 5.10 Å². The minimum Gasteiger partial charge on any atom is -0.481 e. The molecule has 1 aromatic rings. The van der Waals surface area contributed by atoms with Crippen LogP contribution in [0.1, 0.15) is 32.5 Å². The SMILES string of the molecule is CC(C)C[C@H](CNC(=O)NCCc1ncn[nH]1)CC(=O)O. The summed E-state index contributed by atoms with van der Waals surface area (Å²) >= 11 is 0. The van der Waals surface area contributed by atoms with Gasteiger partial charge in [0.15, 0.2) is 0 Å². The highest BCUT2D eigenvalue weighted by molar-refractivity contribution is 5.74. The summed E-state index contributed by atoms with van der Waals surface area (Å²) in [5.74, 6) is 0.209. The number of H-pyrrole nitrogens is 1. The molecular weight excluding hydrogens is 274 g/mol. The van der Waals surface area contributed by atoms with Gasteiger partial charge in [0, 0.05) is 25.9 Å². The molecule has 118 valence electrons. The van der Waals surface area contributed by atoms with Gasteiger partial charge in [0.25, 0.3) is 0 Å². The molecule has 0 radical (unpaired) electrons. The Kier molecular flexibility index (Phi) is 7.20. The zero-order valence-electron chi connectivity index (χ0n) is 12.4. The molecule has 1 atom stereocenters. The van der Waals surface area contributed by atoms with Crippen molar-refractivity contribution in [2.75, 3.05) is 13.1 Å². The Morgan fingerprint density at radius 1 is 1.38 bits per heavy atom. The van der Waals surface area contributed by atoms with Gasteiger partial charge in [0.2, 0.25) is 0 Å². The molecule has 0 aromatic carbocycles. The fourth-order valence-electron chi connectivity index (χ4n) is 2.10. The van der Waals surface area contributed by atoms with E-state index in [4.69, 9.17) is 5.11 Å². The lowest BCUT2D eigenvalue weighted by Crippen LogP contribution is -2.39. The first-order valence-electron chi connectivity index (χ1n) is 7.05. The molecule has 0 fully saturated rings. The first-order valence-corrected chi connectivity index (χ1v) is 7.05. The Bertz CT molecular complexity index is 433. The summed E-state index contributed by atoms with van der Waals surface area (Å²) in [6.07, 6.45) is 2.82. The van der Waals surface area contributed by atoms with Gasteiger partial charge in [0.05, 0.1) is 0 Å². The van der Waals surface area contributed by atoms with Crippen LogP contribution >= 0.6 is 0 Å². The standard InChI is InChI=1S/C13H23N5O3/c1-9(2)5-10(6-12(19)20)7-15-13(21)14-4-3-11-16-8-17-18-11/h8-10H,3-7H2,1-2H3,(H,19,20)(H2,14,15,21)(H,16,17,18)/t10-/m0/s1. The summed E-state index contributed by atoms with van der Waals surface area (Å²) in [6.45, 7) is 4.87. The number of carbonyl (C=O) groups excluding carboxylic acids is 1. The maximum Gasteiger partial charge on any atom is 0.314 e. The summed E-state index contributed by atoms with van der Waals surface area (Å²) in [4.78, 5) is 26.4. The van der Waals surface area contributed by atoms with Crippen molar-refractivity contribution in [2.24, 2.45) is 11.8 Å². The van der Waals surface area contributed by atoms with Gasteiger partial charge in [-0.25, -0.2) is 9.78 Å². The highest BCUT2D eigenvalue weighted by Crippen LogP contribution is 2.14. The number of hydrogen-bond donors (Lipinski definition) is 4. The molecule has 0 unspecified atom stereocenters. The van der Waals surface area contributed by atoms with Crippen LogP contribution in [0.2, 0.25) is 0 Å². The number of aromatic amines is 1. The number of hydrogen-bond acceptors (Lipinski definition) is 4. The maximum absolute atomic E-state index is 11.6. The van der Waals surface area contributed by atoms with E-state index in [2.05, 4.69) is 25.8 Å². The Morgan fingerprint density at radius 2 is 2.14 bits per heavy atom. The topological polar surface area (TPSA) is 120 Å². The number of urea groups is 1. The van der Waals surface area contributed by atoms with Gasteiger partial charge in [-0.3, -0.25) is 9.89 Å². The molecule has 0 aliphatic rings. The molecule has 0 aliphatic carbocycles. The molecule has 0 bridgehead atoms. The quantitative estimate of drug-likeness (QED) is 0.537. The first kappa shape index (κ1) is 16.9. The van der Waals surface area contributed by atoms with E-state index in [1.54, 1.807) is 0 Å². The number of nitrogens with zero attached hydrogens (tertiary/aromatic N) is 2. The zero-order chi connectivity index (χ0) is 15.7. The van der Waals surface area contributed by atoms with Gasteiger partial charge in [-0.1, -0.05) is 13.8 Å². The van der Waals surface area contributed by atoms with Crippen LogP contribution in [-0.4, -0.2) is 45.4 Å². The van der Waals surface area contributed by atoms with Crippen molar-refractivity contribution in [1.82, 2.24) is 25.8 Å². The highest BCUT2D eigenvalue weighted by Gasteiger charge is 2.15. The van der Waals surface area contributed by atoms with Crippen molar-refractivity contribution in [3.63, 3.8) is 0 Å². The highest BCUT2D eigenvalue weighted by atomic mass is 16.4. The summed E-state index contributed by atoms with van der Waals surface area (Å²) in [5, 5.41) is 20.7.